The molecule has 0 aromatic carbocycles. The Bertz CT molecular complexity index is 349. The average molecular weight is 224 g/mol. The highest BCUT2D eigenvalue weighted by Gasteiger charge is 2.12. The lowest BCUT2D eigenvalue weighted by Crippen LogP contribution is -2.29. The molecule has 1 heterocycles. The van der Waals surface area contributed by atoms with Gasteiger partial charge in [0.05, 0.1) is 18.2 Å². The Morgan fingerprint density at radius 3 is 2.56 bits per heavy atom. The van der Waals surface area contributed by atoms with E-state index in [9.17, 15) is 4.79 Å². The van der Waals surface area contributed by atoms with E-state index in [0.29, 0.717) is 5.82 Å². The van der Waals surface area contributed by atoms with Crippen molar-refractivity contribution in [3.8, 4) is 0 Å². The van der Waals surface area contributed by atoms with Gasteiger partial charge < -0.3 is 15.5 Å². The highest BCUT2D eigenvalue weighted by molar-refractivity contribution is 5.87. The number of rotatable bonds is 5. The van der Waals surface area contributed by atoms with Crippen molar-refractivity contribution in [2.75, 3.05) is 11.9 Å². The van der Waals surface area contributed by atoms with Gasteiger partial charge in [0, 0.05) is 6.20 Å². The average Bonchev–Trinajstić information content (AvgIpc) is 2.26. The molecule has 5 nitrogen and oxygen atoms in total. The molecule has 0 spiro atoms. The van der Waals surface area contributed by atoms with Gasteiger partial charge in [0.2, 0.25) is 0 Å². The molecule has 1 rings (SSSR count). The third-order valence-corrected chi connectivity index (χ3v) is 2.35. The number of aliphatic hydroxyl groups excluding tert-OH is 1. The molecule has 16 heavy (non-hydrogen) atoms. The van der Waals surface area contributed by atoms with Crippen LogP contribution in [0.1, 0.15) is 24.2 Å². The van der Waals surface area contributed by atoms with Crippen molar-refractivity contribution in [1.82, 2.24) is 4.98 Å². The number of hydrogen-bond acceptors (Lipinski definition) is 4. The molecule has 0 aliphatic carbocycles. The molecular weight excluding hydrogens is 208 g/mol. The Labute approximate surface area is 94.1 Å². The van der Waals surface area contributed by atoms with Crippen LogP contribution in [0.5, 0.6) is 0 Å². The molecule has 0 radical (unpaired) electrons. The van der Waals surface area contributed by atoms with Crippen molar-refractivity contribution in [3.63, 3.8) is 0 Å². The molecule has 88 valence electrons. The zero-order valence-corrected chi connectivity index (χ0v) is 9.34. The van der Waals surface area contributed by atoms with Crippen LogP contribution in [0.4, 0.5) is 5.82 Å². The van der Waals surface area contributed by atoms with Crippen molar-refractivity contribution >= 4 is 11.8 Å². The van der Waals surface area contributed by atoms with Gasteiger partial charge in [-0.25, -0.2) is 9.78 Å². The number of nitrogens with one attached hydrogen (secondary N) is 1. The number of nitrogens with zero attached hydrogens (tertiary/aromatic N) is 1. The van der Waals surface area contributed by atoms with Crippen molar-refractivity contribution in [2.24, 2.45) is 5.92 Å². The molecule has 0 aliphatic heterocycles. The van der Waals surface area contributed by atoms with Gasteiger partial charge in [0.15, 0.2) is 0 Å². The predicted octanol–water partition coefficient (Wildman–Crippen LogP) is 1.21. The second-order valence-electron chi connectivity index (χ2n) is 3.91. The summed E-state index contributed by atoms with van der Waals surface area (Å²) in [6, 6.07) is 2.99. The zero-order chi connectivity index (χ0) is 12.1. The van der Waals surface area contributed by atoms with Crippen LogP contribution in [-0.4, -0.2) is 33.8 Å². The van der Waals surface area contributed by atoms with Crippen molar-refractivity contribution in [1.29, 1.82) is 0 Å². The van der Waals surface area contributed by atoms with Crippen molar-refractivity contribution in [3.05, 3.63) is 23.9 Å². The van der Waals surface area contributed by atoms with Gasteiger partial charge in [-0.3, -0.25) is 0 Å². The van der Waals surface area contributed by atoms with E-state index >= 15 is 0 Å². The van der Waals surface area contributed by atoms with Crippen LogP contribution < -0.4 is 5.32 Å². The Morgan fingerprint density at radius 1 is 1.50 bits per heavy atom. The lowest BCUT2D eigenvalue weighted by atomic mass is 10.1. The van der Waals surface area contributed by atoms with Crippen LogP contribution in [0, 0.1) is 5.92 Å². The van der Waals surface area contributed by atoms with Crippen LogP contribution in [0.3, 0.4) is 0 Å². The van der Waals surface area contributed by atoms with E-state index in [-0.39, 0.29) is 24.1 Å². The Kier molecular flexibility index (Phi) is 4.25. The molecular formula is C11H16N2O3. The van der Waals surface area contributed by atoms with Gasteiger partial charge in [-0.15, -0.1) is 0 Å². The fourth-order valence-electron chi connectivity index (χ4n) is 1.22. The monoisotopic (exact) mass is 224 g/mol. The van der Waals surface area contributed by atoms with Crippen LogP contribution in [0.25, 0.3) is 0 Å². The number of aromatic nitrogens is 1. The first-order chi connectivity index (χ1) is 7.54. The van der Waals surface area contributed by atoms with Crippen LogP contribution in [0.15, 0.2) is 18.3 Å². The molecule has 1 unspecified atom stereocenters. The normalized spacial score (nSPS) is 12.5. The maximum absolute atomic E-state index is 10.6. The SMILES string of the molecule is CC(C)C(CO)Nc1ccc(C(=O)O)cn1. The third-order valence-electron chi connectivity index (χ3n) is 2.35. The fourth-order valence-corrected chi connectivity index (χ4v) is 1.22. The number of hydrogen-bond donors (Lipinski definition) is 3. The van der Waals surface area contributed by atoms with Crippen molar-refractivity contribution < 1.29 is 15.0 Å². The van der Waals surface area contributed by atoms with Gasteiger partial charge in [-0.1, -0.05) is 13.8 Å². The third kappa shape index (κ3) is 3.20. The lowest BCUT2D eigenvalue weighted by Gasteiger charge is -2.20. The smallest absolute Gasteiger partial charge is 0.337 e. The molecule has 5 heteroatoms. The lowest BCUT2D eigenvalue weighted by molar-refractivity contribution is 0.0696. The quantitative estimate of drug-likeness (QED) is 0.700. The van der Waals surface area contributed by atoms with Crippen LogP contribution >= 0.6 is 0 Å². The second-order valence-corrected chi connectivity index (χ2v) is 3.91. The first-order valence-electron chi connectivity index (χ1n) is 5.11. The number of carboxylic acid groups (broad SMARTS) is 1. The van der Waals surface area contributed by atoms with E-state index in [1.165, 1.54) is 12.3 Å². The van der Waals surface area contributed by atoms with E-state index in [2.05, 4.69) is 10.3 Å². The molecule has 0 saturated carbocycles. The van der Waals surface area contributed by atoms with Crippen molar-refractivity contribution in [2.45, 2.75) is 19.9 Å². The Morgan fingerprint density at radius 2 is 2.19 bits per heavy atom. The maximum atomic E-state index is 10.6. The van der Waals surface area contributed by atoms with E-state index < -0.39 is 5.97 Å². The summed E-state index contributed by atoms with van der Waals surface area (Å²) in [7, 11) is 0. The summed E-state index contributed by atoms with van der Waals surface area (Å²) < 4.78 is 0. The molecule has 0 aliphatic rings. The molecule has 0 saturated heterocycles. The summed E-state index contributed by atoms with van der Waals surface area (Å²) in [5, 5.41) is 20.8. The number of carboxylic acids is 1. The number of anilines is 1. The highest BCUT2D eigenvalue weighted by Crippen LogP contribution is 2.10. The summed E-state index contributed by atoms with van der Waals surface area (Å²) >= 11 is 0. The van der Waals surface area contributed by atoms with Gasteiger partial charge in [-0.05, 0) is 18.1 Å². The molecule has 1 aromatic rings. The summed E-state index contributed by atoms with van der Waals surface area (Å²) in [5.41, 5.74) is 0.149. The summed E-state index contributed by atoms with van der Waals surface area (Å²) in [5.74, 6) is -0.162. The second kappa shape index (κ2) is 5.46. The van der Waals surface area contributed by atoms with E-state index in [0.717, 1.165) is 0 Å². The summed E-state index contributed by atoms with van der Waals surface area (Å²) in [4.78, 5) is 14.6. The Hall–Kier alpha value is -1.62. The number of aliphatic hydroxyl groups is 1. The summed E-state index contributed by atoms with van der Waals surface area (Å²) in [6.07, 6.45) is 1.29. The fraction of sp³-hybridized carbons (Fsp3) is 0.455. The molecule has 3 N–H and O–H groups in total. The van der Waals surface area contributed by atoms with Gasteiger partial charge >= 0.3 is 5.97 Å². The van der Waals surface area contributed by atoms with Gasteiger partial charge in [0.1, 0.15) is 5.82 Å². The van der Waals surface area contributed by atoms with E-state index in [1.54, 1.807) is 6.07 Å². The molecule has 1 atom stereocenters. The zero-order valence-electron chi connectivity index (χ0n) is 9.34. The number of carbonyl (C=O) groups is 1. The molecule has 0 fully saturated rings. The van der Waals surface area contributed by atoms with Crippen LogP contribution in [0.2, 0.25) is 0 Å². The number of pyridine rings is 1. The first-order valence-corrected chi connectivity index (χ1v) is 5.11. The standard InChI is InChI=1S/C11H16N2O3/c1-7(2)9(6-14)13-10-4-3-8(5-12-10)11(15)16/h3-5,7,9,14H,6H2,1-2H3,(H,12,13)(H,15,16). The maximum Gasteiger partial charge on any atom is 0.337 e. The molecule has 0 amide bonds. The number of aromatic carboxylic acids is 1. The highest BCUT2D eigenvalue weighted by atomic mass is 16.4. The summed E-state index contributed by atoms with van der Waals surface area (Å²) in [6.45, 7) is 3.99. The topological polar surface area (TPSA) is 82.5 Å². The Balaban J connectivity index is 2.71. The predicted molar refractivity (Wildman–Crippen MR) is 60.5 cm³/mol. The molecule has 0 bridgehead atoms. The minimum Gasteiger partial charge on any atom is -0.478 e. The van der Waals surface area contributed by atoms with Crippen LogP contribution in [-0.2, 0) is 0 Å². The minimum atomic E-state index is -0.999. The molecule has 1 aromatic heterocycles. The van der Waals surface area contributed by atoms with Gasteiger partial charge in [-0.2, -0.15) is 0 Å². The minimum absolute atomic E-state index is 0.0139. The first kappa shape index (κ1) is 12.4. The van der Waals surface area contributed by atoms with Gasteiger partial charge in [0.25, 0.3) is 0 Å². The van der Waals surface area contributed by atoms with E-state index in [4.69, 9.17) is 10.2 Å². The largest absolute Gasteiger partial charge is 0.478 e. The van der Waals surface area contributed by atoms with E-state index in [1.807, 2.05) is 13.8 Å².